The highest BCUT2D eigenvalue weighted by atomic mass is 35.5. The van der Waals surface area contributed by atoms with E-state index < -0.39 is 0 Å². The highest BCUT2D eigenvalue weighted by Gasteiger charge is 2.20. The molecular formula is C20H22ClN3O. The van der Waals surface area contributed by atoms with E-state index in [2.05, 4.69) is 23.2 Å². The lowest BCUT2D eigenvalue weighted by molar-refractivity contribution is 0.198. The summed E-state index contributed by atoms with van der Waals surface area (Å²) in [5.74, 6) is 0. The number of halogens is 1. The fourth-order valence-electron chi connectivity index (χ4n) is 2.91. The average molecular weight is 356 g/mol. The molecule has 2 amide bonds. The van der Waals surface area contributed by atoms with Crippen LogP contribution in [0.25, 0.3) is 6.08 Å². The highest BCUT2D eigenvalue weighted by Crippen LogP contribution is 2.20. The number of hydrogen-bond donors (Lipinski definition) is 1. The van der Waals surface area contributed by atoms with Gasteiger partial charge in [-0.05, 0) is 42.3 Å². The fourth-order valence-corrected chi connectivity index (χ4v) is 3.09. The number of carbonyl (C=O) groups is 1. The number of urea groups is 1. The topological polar surface area (TPSA) is 35.6 Å². The van der Waals surface area contributed by atoms with Gasteiger partial charge in [-0.2, -0.15) is 0 Å². The summed E-state index contributed by atoms with van der Waals surface area (Å²) in [6.07, 6.45) is 3.64. The number of benzene rings is 2. The summed E-state index contributed by atoms with van der Waals surface area (Å²) in [7, 11) is 0. The Kier molecular flexibility index (Phi) is 5.61. The van der Waals surface area contributed by atoms with Gasteiger partial charge in [-0.15, -0.1) is 0 Å². The third kappa shape index (κ3) is 4.54. The Morgan fingerprint density at radius 3 is 2.56 bits per heavy atom. The largest absolute Gasteiger partial charge is 0.368 e. The molecule has 130 valence electrons. The number of carbonyl (C=O) groups excluding carboxylic acids is 1. The monoisotopic (exact) mass is 355 g/mol. The van der Waals surface area contributed by atoms with Crippen LogP contribution in [-0.4, -0.2) is 37.1 Å². The summed E-state index contributed by atoms with van der Waals surface area (Å²) in [4.78, 5) is 16.4. The second kappa shape index (κ2) is 8.08. The van der Waals surface area contributed by atoms with Crippen LogP contribution < -0.4 is 10.2 Å². The lowest BCUT2D eigenvalue weighted by Gasteiger charge is -2.35. The highest BCUT2D eigenvalue weighted by molar-refractivity contribution is 6.30. The SMILES string of the molecule is Cc1ccccc1/C=C/NC(=O)N1CCN(c2cccc(Cl)c2)CC1. The zero-order chi connectivity index (χ0) is 17.6. The summed E-state index contributed by atoms with van der Waals surface area (Å²) in [6.45, 7) is 5.04. The number of rotatable bonds is 3. The summed E-state index contributed by atoms with van der Waals surface area (Å²) >= 11 is 6.05. The fraction of sp³-hybridized carbons (Fsp3) is 0.250. The van der Waals surface area contributed by atoms with Gasteiger partial charge in [0.05, 0.1) is 0 Å². The Balaban J connectivity index is 1.51. The first kappa shape index (κ1) is 17.4. The Labute approximate surface area is 153 Å². The van der Waals surface area contributed by atoms with Crippen LogP contribution in [0.15, 0.2) is 54.7 Å². The molecule has 1 N–H and O–H groups in total. The molecule has 1 fully saturated rings. The number of amides is 2. The van der Waals surface area contributed by atoms with E-state index in [1.165, 1.54) is 5.56 Å². The van der Waals surface area contributed by atoms with E-state index in [9.17, 15) is 4.79 Å². The third-order valence-corrected chi connectivity index (χ3v) is 4.63. The van der Waals surface area contributed by atoms with Gasteiger partial charge < -0.3 is 15.1 Å². The molecule has 0 aromatic heterocycles. The summed E-state index contributed by atoms with van der Waals surface area (Å²) in [5, 5.41) is 3.59. The number of aryl methyl sites for hydroxylation is 1. The lowest BCUT2D eigenvalue weighted by atomic mass is 10.1. The molecule has 1 aliphatic rings. The van der Waals surface area contributed by atoms with E-state index in [-0.39, 0.29) is 6.03 Å². The van der Waals surface area contributed by atoms with Crippen molar-refractivity contribution in [2.75, 3.05) is 31.1 Å². The van der Waals surface area contributed by atoms with Crippen LogP contribution >= 0.6 is 11.6 Å². The molecular weight excluding hydrogens is 334 g/mol. The number of anilines is 1. The maximum Gasteiger partial charge on any atom is 0.321 e. The smallest absolute Gasteiger partial charge is 0.321 e. The Bertz CT molecular complexity index is 767. The van der Waals surface area contributed by atoms with E-state index in [0.717, 1.165) is 29.4 Å². The molecule has 2 aromatic carbocycles. The quantitative estimate of drug-likeness (QED) is 0.897. The van der Waals surface area contributed by atoms with Gasteiger partial charge in [-0.25, -0.2) is 4.79 Å². The van der Waals surface area contributed by atoms with Crippen molar-refractivity contribution in [2.45, 2.75) is 6.92 Å². The third-order valence-electron chi connectivity index (χ3n) is 4.40. The number of hydrogen-bond acceptors (Lipinski definition) is 2. The molecule has 1 heterocycles. The molecule has 25 heavy (non-hydrogen) atoms. The van der Waals surface area contributed by atoms with Crippen LogP contribution in [-0.2, 0) is 0 Å². The Morgan fingerprint density at radius 1 is 1.08 bits per heavy atom. The first-order valence-electron chi connectivity index (χ1n) is 8.41. The lowest BCUT2D eigenvalue weighted by Crippen LogP contribution is -2.51. The summed E-state index contributed by atoms with van der Waals surface area (Å²) < 4.78 is 0. The molecule has 0 spiro atoms. The maximum atomic E-state index is 12.3. The van der Waals surface area contributed by atoms with Crippen molar-refractivity contribution >= 4 is 29.4 Å². The average Bonchev–Trinajstić information content (AvgIpc) is 2.63. The van der Waals surface area contributed by atoms with Gasteiger partial charge in [0.25, 0.3) is 0 Å². The van der Waals surface area contributed by atoms with E-state index in [0.29, 0.717) is 13.1 Å². The molecule has 1 aliphatic heterocycles. The van der Waals surface area contributed by atoms with Crippen molar-refractivity contribution in [3.05, 3.63) is 70.9 Å². The minimum atomic E-state index is -0.0596. The van der Waals surface area contributed by atoms with Crippen LogP contribution in [0.1, 0.15) is 11.1 Å². The van der Waals surface area contributed by atoms with Gasteiger partial charge in [-0.3, -0.25) is 0 Å². The van der Waals surface area contributed by atoms with Gasteiger partial charge >= 0.3 is 6.03 Å². The van der Waals surface area contributed by atoms with Gasteiger partial charge in [0.2, 0.25) is 0 Å². The molecule has 3 rings (SSSR count). The normalized spacial score (nSPS) is 14.8. The minimum absolute atomic E-state index is 0.0596. The number of piperazine rings is 1. The standard InChI is InChI=1S/C20H22ClN3O/c1-16-5-2-3-6-17(16)9-10-22-20(25)24-13-11-23(12-14-24)19-8-4-7-18(21)15-19/h2-10,15H,11-14H2,1H3,(H,22,25)/b10-9+. The zero-order valence-electron chi connectivity index (χ0n) is 14.3. The Hall–Kier alpha value is -2.46. The first-order valence-corrected chi connectivity index (χ1v) is 8.79. The minimum Gasteiger partial charge on any atom is -0.368 e. The van der Waals surface area contributed by atoms with E-state index in [1.54, 1.807) is 6.20 Å². The predicted molar refractivity (Wildman–Crippen MR) is 104 cm³/mol. The summed E-state index contributed by atoms with van der Waals surface area (Å²) in [6, 6.07) is 15.8. The van der Waals surface area contributed by atoms with E-state index in [4.69, 9.17) is 11.6 Å². The van der Waals surface area contributed by atoms with Crippen LogP contribution in [0.3, 0.4) is 0 Å². The molecule has 0 radical (unpaired) electrons. The van der Waals surface area contributed by atoms with Crippen molar-refractivity contribution < 1.29 is 4.79 Å². The number of nitrogens with one attached hydrogen (secondary N) is 1. The van der Waals surface area contributed by atoms with Crippen LogP contribution in [0.4, 0.5) is 10.5 Å². The van der Waals surface area contributed by atoms with Gasteiger partial charge in [0, 0.05) is 43.1 Å². The van der Waals surface area contributed by atoms with Crippen LogP contribution in [0.5, 0.6) is 0 Å². The van der Waals surface area contributed by atoms with Crippen LogP contribution in [0.2, 0.25) is 5.02 Å². The molecule has 0 aliphatic carbocycles. The number of nitrogens with zero attached hydrogens (tertiary/aromatic N) is 2. The molecule has 2 aromatic rings. The molecule has 0 bridgehead atoms. The Morgan fingerprint density at radius 2 is 1.84 bits per heavy atom. The second-order valence-electron chi connectivity index (χ2n) is 6.09. The molecule has 0 unspecified atom stereocenters. The first-order chi connectivity index (χ1) is 12.1. The van der Waals surface area contributed by atoms with Crippen LogP contribution in [0, 0.1) is 6.92 Å². The van der Waals surface area contributed by atoms with Crippen molar-refractivity contribution in [3.8, 4) is 0 Å². The van der Waals surface area contributed by atoms with E-state index in [1.807, 2.05) is 53.4 Å². The molecule has 1 saturated heterocycles. The predicted octanol–water partition coefficient (Wildman–Crippen LogP) is 4.15. The maximum absolute atomic E-state index is 12.3. The zero-order valence-corrected chi connectivity index (χ0v) is 15.0. The van der Waals surface area contributed by atoms with Gasteiger partial charge in [0.15, 0.2) is 0 Å². The van der Waals surface area contributed by atoms with Crippen molar-refractivity contribution in [3.63, 3.8) is 0 Å². The van der Waals surface area contributed by atoms with Gasteiger partial charge in [0.1, 0.15) is 0 Å². The molecule has 0 atom stereocenters. The van der Waals surface area contributed by atoms with Crippen molar-refractivity contribution in [1.82, 2.24) is 10.2 Å². The molecule has 0 saturated carbocycles. The van der Waals surface area contributed by atoms with Crippen molar-refractivity contribution in [2.24, 2.45) is 0 Å². The van der Waals surface area contributed by atoms with Crippen molar-refractivity contribution in [1.29, 1.82) is 0 Å². The summed E-state index contributed by atoms with van der Waals surface area (Å²) in [5.41, 5.74) is 3.39. The molecule has 4 nitrogen and oxygen atoms in total. The van der Waals surface area contributed by atoms with Gasteiger partial charge in [-0.1, -0.05) is 41.9 Å². The van der Waals surface area contributed by atoms with E-state index >= 15 is 0 Å². The second-order valence-corrected chi connectivity index (χ2v) is 6.53. The molecule has 5 heteroatoms.